The van der Waals surface area contributed by atoms with Gasteiger partial charge in [-0.05, 0) is 13.0 Å². The Morgan fingerprint density at radius 1 is 1.28 bits per heavy atom. The van der Waals surface area contributed by atoms with Gasteiger partial charge >= 0.3 is 0 Å². The van der Waals surface area contributed by atoms with E-state index in [1.54, 1.807) is 24.4 Å². The fourth-order valence-electron chi connectivity index (χ4n) is 2.46. The maximum Gasteiger partial charge on any atom is 0.295 e. The van der Waals surface area contributed by atoms with Crippen molar-refractivity contribution in [1.29, 1.82) is 0 Å². The fraction of sp³-hybridized carbons (Fsp3) is 0.250. The van der Waals surface area contributed by atoms with Gasteiger partial charge in [0, 0.05) is 30.4 Å². The van der Waals surface area contributed by atoms with Crippen LogP contribution in [0, 0.1) is 6.92 Å². The molecular weight excluding hydrogens is 346 g/mol. The van der Waals surface area contributed by atoms with E-state index in [2.05, 4.69) is 20.4 Å². The number of aromatic nitrogens is 4. The van der Waals surface area contributed by atoms with Gasteiger partial charge in [0.15, 0.2) is 11.5 Å². The molecule has 0 saturated carbocycles. The van der Waals surface area contributed by atoms with Crippen molar-refractivity contribution < 1.29 is 14.3 Å². The Labute approximate surface area is 147 Å². The number of amides is 1. The van der Waals surface area contributed by atoms with Crippen LogP contribution in [-0.2, 0) is 0 Å². The largest absolute Gasteiger partial charge is 0.490 e. The average molecular weight is 360 g/mol. The van der Waals surface area contributed by atoms with Gasteiger partial charge in [-0.1, -0.05) is 11.6 Å². The molecule has 3 heterocycles. The number of halogens is 1. The Balaban J connectivity index is 1.63. The zero-order valence-corrected chi connectivity index (χ0v) is 14.1. The molecule has 3 aromatic rings. The van der Waals surface area contributed by atoms with Crippen LogP contribution in [0.2, 0.25) is 5.02 Å². The van der Waals surface area contributed by atoms with Crippen LogP contribution >= 0.6 is 11.6 Å². The lowest BCUT2D eigenvalue weighted by molar-refractivity contribution is 0.101. The minimum atomic E-state index is -0.485. The summed E-state index contributed by atoms with van der Waals surface area (Å²) in [6, 6.07) is 5.05. The van der Waals surface area contributed by atoms with Crippen molar-refractivity contribution in [1.82, 2.24) is 19.6 Å². The molecule has 1 aromatic carbocycles. The SMILES string of the molecule is Cc1ccnc2nc(C(=O)Nc3cc4c(cc3Cl)OCCCO4)nn12. The monoisotopic (exact) mass is 359 g/mol. The van der Waals surface area contributed by atoms with Crippen LogP contribution in [0.25, 0.3) is 5.78 Å². The molecule has 1 aliphatic rings. The second-order valence-electron chi connectivity index (χ2n) is 5.52. The molecule has 1 aliphatic heterocycles. The molecule has 25 heavy (non-hydrogen) atoms. The van der Waals surface area contributed by atoms with Gasteiger partial charge in [-0.15, -0.1) is 5.10 Å². The maximum atomic E-state index is 12.5. The maximum absolute atomic E-state index is 12.5. The minimum absolute atomic E-state index is 0.00461. The molecule has 0 atom stereocenters. The number of hydrogen-bond donors (Lipinski definition) is 1. The molecule has 9 heteroatoms. The molecule has 0 aliphatic carbocycles. The number of ether oxygens (including phenoxy) is 2. The van der Waals surface area contributed by atoms with Gasteiger partial charge in [0.1, 0.15) is 0 Å². The molecular formula is C16H14ClN5O3. The summed E-state index contributed by atoms with van der Waals surface area (Å²) in [6.45, 7) is 2.96. The fourth-order valence-corrected chi connectivity index (χ4v) is 2.66. The van der Waals surface area contributed by atoms with E-state index >= 15 is 0 Å². The Morgan fingerprint density at radius 2 is 2.04 bits per heavy atom. The smallest absolute Gasteiger partial charge is 0.295 e. The molecule has 1 amide bonds. The van der Waals surface area contributed by atoms with Crippen LogP contribution in [0.1, 0.15) is 22.7 Å². The highest BCUT2D eigenvalue weighted by molar-refractivity contribution is 6.34. The van der Waals surface area contributed by atoms with Crippen molar-refractivity contribution in [3.8, 4) is 11.5 Å². The summed E-state index contributed by atoms with van der Waals surface area (Å²) < 4.78 is 12.7. The summed E-state index contributed by atoms with van der Waals surface area (Å²) in [5.41, 5.74) is 1.23. The van der Waals surface area contributed by atoms with E-state index in [0.717, 1.165) is 12.1 Å². The third kappa shape index (κ3) is 2.96. The van der Waals surface area contributed by atoms with E-state index in [4.69, 9.17) is 21.1 Å². The lowest BCUT2D eigenvalue weighted by Crippen LogP contribution is -2.14. The number of fused-ring (bicyclic) bond motifs is 2. The highest BCUT2D eigenvalue weighted by Crippen LogP contribution is 2.37. The number of benzene rings is 1. The van der Waals surface area contributed by atoms with Gasteiger partial charge in [-0.25, -0.2) is 9.50 Å². The van der Waals surface area contributed by atoms with Crippen LogP contribution in [0.3, 0.4) is 0 Å². The van der Waals surface area contributed by atoms with E-state index in [0.29, 0.717) is 41.2 Å². The topological polar surface area (TPSA) is 90.6 Å². The quantitative estimate of drug-likeness (QED) is 0.756. The predicted molar refractivity (Wildman–Crippen MR) is 90.5 cm³/mol. The number of carbonyl (C=O) groups is 1. The normalized spacial score (nSPS) is 13.5. The van der Waals surface area contributed by atoms with Gasteiger partial charge in [-0.2, -0.15) is 4.98 Å². The van der Waals surface area contributed by atoms with Gasteiger partial charge < -0.3 is 14.8 Å². The van der Waals surface area contributed by atoms with Crippen molar-refractivity contribution in [2.45, 2.75) is 13.3 Å². The zero-order chi connectivity index (χ0) is 17.4. The number of anilines is 1. The molecule has 0 bridgehead atoms. The van der Waals surface area contributed by atoms with Crippen molar-refractivity contribution >= 4 is 29.0 Å². The van der Waals surface area contributed by atoms with Crippen LogP contribution in [0.15, 0.2) is 24.4 Å². The second kappa shape index (κ2) is 6.21. The van der Waals surface area contributed by atoms with E-state index in [-0.39, 0.29) is 5.82 Å². The second-order valence-corrected chi connectivity index (χ2v) is 5.92. The minimum Gasteiger partial charge on any atom is -0.490 e. The van der Waals surface area contributed by atoms with Gasteiger partial charge in [0.25, 0.3) is 11.7 Å². The van der Waals surface area contributed by atoms with E-state index < -0.39 is 5.91 Å². The number of nitrogens with one attached hydrogen (secondary N) is 1. The molecule has 4 rings (SSSR count). The Kier molecular flexibility index (Phi) is 3.89. The zero-order valence-electron chi connectivity index (χ0n) is 13.3. The van der Waals surface area contributed by atoms with Gasteiger partial charge in [0.2, 0.25) is 5.82 Å². The van der Waals surface area contributed by atoms with Crippen molar-refractivity contribution in [3.05, 3.63) is 40.9 Å². The standard InChI is InChI=1S/C16H14ClN5O3/c1-9-3-4-18-16-20-14(21-22(9)16)15(23)19-11-8-13-12(7-10(11)17)24-5-2-6-25-13/h3-4,7-8H,2,5-6H2,1H3,(H,19,23). The number of hydrogen-bond acceptors (Lipinski definition) is 6. The van der Waals surface area contributed by atoms with Crippen LogP contribution < -0.4 is 14.8 Å². The first-order valence-electron chi connectivity index (χ1n) is 7.71. The van der Waals surface area contributed by atoms with Crippen LogP contribution in [-0.4, -0.2) is 38.7 Å². The molecule has 128 valence electrons. The number of carbonyl (C=O) groups excluding carboxylic acids is 1. The number of rotatable bonds is 2. The molecule has 2 aromatic heterocycles. The summed E-state index contributed by atoms with van der Waals surface area (Å²) in [5, 5.41) is 7.22. The molecule has 0 fully saturated rings. The first-order valence-corrected chi connectivity index (χ1v) is 8.08. The number of nitrogens with zero attached hydrogens (tertiary/aromatic N) is 4. The molecule has 0 radical (unpaired) electrons. The van der Waals surface area contributed by atoms with E-state index in [1.807, 2.05) is 6.92 Å². The van der Waals surface area contributed by atoms with Crippen molar-refractivity contribution in [2.24, 2.45) is 0 Å². The molecule has 1 N–H and O–H groups in total. The lowest BCUT2D eigenvalue weighted by Gasteiger charge is -2.11. The van der Waals surface area contributed by atoms with E-state index in [1.165, 1.54) is 4.52 Å². The highest BCUT2D eigenvalue weighted by Gasteiger charge is 2.19. The third-order valence-corrected chi connectivity index (χ3v) is 4.03. The third-order valence-electron chi connectivity index (χ3n) is 3.72. The van der Waals surface area contributed by atoms with Crippen LogP contribution in [0.5, 0.6) is 11.5 Å². The molecule has 0 spiro atoms. The van der Waals surface area contributed by atoms with Crippen molar-refractivity contribution in [3.63, 3.8) is 0 Å². The lowest BCUT2D eigenvalue weighted by atomic mass is 10.2. The van der Waals surface area contributed by atoms with Gasteiger partial charge in [0.05, 0.1) is 23.9 Å². The van der Waals surface area contributed by atoms with E-state index in [9.17, 15) is 4.79 Å². The average Bonchev–Trinajstić information content (AvgIpc) is 2.91. The Morgan fingerprint density at radius 3 is 2.80 bits per heavy atom. The summed E-state index contributed by atoms with van der Waals surface area (Å²) in [4.78, 5) is 20.7. The molecule has 8 nitrogen and oxygen atoms in total. The predicted octanol–water partition coefficient (Wildman–Crippen LogP) is 2.50. The Bertz CT molecular complexity index is 972. The summed E-state index contributed by atoms with van der Waals surface area (Å²) in [7, 11) is 0. The molecule has 0 unspecified atom stereocenters. The first-order chi connectivity index (χ1) is 12.1. The summed E-state index contributed by atoms with van der Waals surface area (Å²) in [6.07, 6.45) is 2.40. The Hall–Kier alpha value is -2.87. The van der Waals surface area contributed by atoms with Crippen molar-refractivity contribution in [2.75, 3.05) is 18.5 Å². The van der Waals surface area contributed by atoms with Crippen LogP contribution in [0.4, 0.5) is 5.69 Å². The summed E-state index contributed by atoms with van der Waals surface area (Å²) >= 11 is 6.24. The van der Waals surface area contributed by atoms with Gasteiger partial charge in [-0.3, -0.25) is 4.79 Å². The summed E-state index contributed by atoms with van der Waals surface area (Å²) in [5.74, 6) is 0.977. The first kappa shape index (κ1) is 15.6. The number of aryl methyl sites for hydroxylation is 1. The highest BCUT2D eigenvalue weighted by atomic mass is 35.5. The molecule has 0 saturated heterocycles.